The Morgan fingerprint density at radius 1 is 1.19 bits per heavy atom. The first kappa shape index (κ1) is 19.0. The average molecular weight is 388 g/mol. The molecular weight excluding hydrogens is 366 g/mol. The molecule has 0 aliphatic carbocycles. The molecule has 0 unspecified atom stereocenters. The molecule has 27 heavy (non-hydrogen) atoms. The summed E-state index contributed by atoms with van der Waals surface area (Å²) < 4.78 is 5.11. The molecule has 2 aromatic rings. The number of hydrogen-bond acceptors (Lipinski definition) is 3. The summed E-state index contributed by atoms with van der Waals surface area (Å²) in [6.07, 6.45) is 1.44. The lowest BCUT2D eigenvalue weighted by molar-refractivity contribution is -0.124. The zero-order valence-corrected chi connectivity index (χ0v) is 15.8. The second-order valence-corrected chi connectivity index (χ2v) is 6.73. The fourth-order valence-electron chi connectivity index (χ4n) is 3.09. The molecule has 1 aliphatic rings. The number of urea groups is 1. The van der Waals surface area contributed by atoms with Crippen molar-refractivity contribution in [2.45, 2.75) is 25.4 Å². The summed E-state index contributed by atoms with van der Waals surface area (Å²) in [7, 11) is 1.59. The van der Waals surface area contributed by atoms with Crippen molar-refractivity contribution in [2.24, 2.45) is 0 Å². The highest BCUT2D eigenvalue weighted by atomic mass is 35.5. The van der Waals surface area contributed by atoms with Gasteiger partial charge < -0.3 is 20.3 Å². The quantitative estimate of drug-likeness (QED) is 0.822. The van der Waals surface area contributed by atoms with Gasteiger partial charge in [-0.2, -0.15) is 0 Å². The van der Waals surface area contributed by atoms with Crippen LogP contribution in [-0.2, 0) is 11.3 Å². The van der Waals surface area contributed by atoms with E-state index in [-0.39, 0.29) is 11.9 Å². The maximum atomic E-state index is 12.6. The molecule has 1 aliphatic heterocycles. The second kappa shape index (κ2) is 8.77. The molecule has 7 heteroatoms. The molecule has 0 aromatic heterocycles. The molecule has 0 saturated carbocycles. The van der Waals surface area contributed by atoms with Gasteiger partial charge in [-0.15, -0.1) is 0 Å². The van der Waals surface area contributed by atoms with Gasteiger partial charge in [0.25, 0.3) is 0 Å². The first-order valence-corrected chi connectivity index (χ1v) is 9.19. The molecule has 6 nitrogen and oxygen atoms in total. The molecule has 1 atom stereocenters. The van der Waals surface area contributed by atoms with E-state index in [1.54, 1.807) is 42.3 Å². The van der Waals surface area contributed by atoms with Crippen molar-refractivity contribution in [3.8, 4) is 5.75 Å². The van der Waals surface area contributed by atoms with Gasteiger partial charge in [0, 0.05) is 23.8 Å². The van der Waals surface area contributed by atoms with Crippen LogP contribution in [-0.4, -0.2) is 36.5 Å². The SMILES string of the molecule is COc1ccc(NC(=O)N2CCC[C@H]2C(=O)NCc2ccccc2Cl)cc1. The lowest BCUT2D eigenvalue weighted by atomic mass is 10.2. The van der Waals surface area contributed by atoms with Crippen LogP contribution in [0.3, 0.4) is 0 Å². The Morgan fingerprint density at radius 3 is 2.63 bits per heavy atom. The highest BCUT2D eigenvalue weighted by Gasteiger charge is 2.34. The van der Waals surface area contributed by atoms with Crippen LogP contribution in [0, 0.1) is 0 Å². The summed E-state index contributed by atoms with van der Waals surface area (Å²) in [5.41, 5.74) is 1.50. The summed E-state index contributed by atoms with van der Waals surface area (Å²) in [6, 6.07) is 13.7. The predicted molar refractivity (Wildman–Crippen MR) is 105 cm³/mol. The number of benzene rings is 2. The normalized spacial score (nSPS) is 16.1. The molecular formula is C20H22ClN3O3. The fourth-order valence-corrected chi connectivity index (χ4v) is 3.30. The van der Waals surface area contributed by atoms with Crippen LogP contribution >= 0.6 is 11.6 Å². The number of hydrogen-bond donors (Lipinski definition) is 2. The summed E-state index contributed by atoms with van der Waals surface area (Å²) >= 11 is 6.12. The molecule has 2 aromatic carbocycles. The van der Waals surface area contributed by atoms with Gasteiger partial charge >= 0.3 is 6.03 Å². The predicted octanol–water partition coefficient (Wildman–Crippen LogP) is 3.66. The molecule has 142 valence electrons. The Kier molecular flexibility index (Phi) is 6.19. The first-order chi connectivity index (χ1) is 13.1. The molecule has 1 saturated heterocycles. The minimum Gasteiger partial charge on any atom is -0.497 e. The molecule has 1 fully saturated rings. The third kappa shape index (κ3) is 4.71. The highest BCUT2D eigenvalue weighted by Crippen LogP contribution is 2.21. The van der Waals surface area contributed by atoms with Crippen LogP contribution in [0.25, 0.3) is 0 Å². The third-order valence-corrected chi connectivity index (χ3v) is 4.94. The van der Waals surface area contributed by atoms with Crippen LogP contribution in [0.1, 0.15) is 18.4 Å². The number of carbonyl (C=O) groups excluding carboxylic acids is 2. The largest absolute Gasteiger partial charge is 0.497 e. The van der Waals surface area contributed by atoms with Crippen LogP contribution in [0.15, 0.2) is 48.5 Å². The van der Waals surface area contributed by atoms with Crippen LogP contribution < -0.4 is 15.4 Å². The van der Waals surface area contributed by atoms with E-state index in [2.05, 4.69) is 10.6 Å². The minimum atomic E-state index is -0.481. The summed E-state index contributed by atoms with van der Waals surface area (Å²) in [4.78, 5) is 26.8. The van der Waals surface area contributed by atoms with Crippen molar-refractivity contribution >= 4 is 29.2 Å². The lowest BCUT2D eigenvalue weighted by Gasteiger charge is -2.24. The van der Waals surface area contributed by atoms with E-state index >= 15 is 0 Å². The molecule has 1 heterocycles. The van der Waals surface area contributed by atoms with Crippen LogP contribution in [0.4, 0.5) is 10.5 Å². The number of halogens is 1. The standard InChI is InChI=1S/C20H22ClN3O3/c1-27-16-10-8-15(9-11-16)23-20(26)24-12-4-7-18(24)19(25)22-13-14-5-2-3-6-17(14)21/h2-3,5-6,8-11,18H,4,7,12-13H2,1H3,(H,22,25)(H,23,26)/t18-/m0/s1. The molecule has 0 radical (unpaired) electrons. The Balaban J connectivity index is 1.59. The van der Waals surface area contributed by atoms with E-state index < -0.39 is 6.04 Å². The van der Waals surface area contributed by atoms with E-state index in [9.17, 15) is 9.59 Å². The van der Waals surface area contributed by atoms with E-state index in [0.717, 1.165) is 12.0 Å². The summed E-state index contributed by atoms with van der Waals surface area (Å²) in [6.45, 7) is 0.884. The molecule has 0 bridgehead atoms. The van der Waals surface area contributed by atoms with Crippen molar-refractivity contribution < 1.29 is 14.3 Å². The van der Waals surface area contributed by atoms with E-state index in [1.165, 1.54) is 0 Å². The Labute approximate surface area is 163 Å². The van der Waals surface area contributed by atoms with Gasteiger partial charge in [0.2, 0.25) is 5.91 Å². The minimum absolute atomic E-state index is 0.169. The van der Waals surface area contributed by atoms with Gasteiger partial charge in [-0.05, 0) is 48.7 Å². The Morgan fingerprint density at radius 2 is 1.93 bits per heavy atom. The van der Waals surface area contributed by atoms with Gasteiger partial charge in [-0.25, -0.2) is 4.79 Å². The number of carbonyl (C=O) groups is 2. The number of amides is 3. The average Bonchev–Trinajstić information content (AvgIpc) is 3.18. The van der Waals surface area contributed by atoms with E-state index in [4.69, 9.17) is 16.3 Å². The topological polar surface area (TPSA) is 70.7 Å². The third-order valence-electron chi connectivity index (χ3n) is 4.57. The maximum absolute atomic E-state index is 12.6. The van der Waals surface area contributed by atoms with Gasteiger partial charge in [0.05, 0.1) is 7.11 Å². The van der Waals surface area contributed by atoms with E-state index in [0.29, 0.717) is 36.0 Å². The van der Waals surface area contributed by atoms with Gasteiger partial charge in [-0.3, -0.25) is 4.79 Å². The summed E-state index contributed by atoms with van der Waals surface area (Å²) in [5, 5.41) is 6.33. The van der Waals surface area contributed by atoms with Crippen molar-refractivity contribution in [3.05, 3.63) is 59.1 Å². The number of methoxy groups -OCH3 is 1. The van der Waals surface area contributed by atoms with Crippen molar-refractivity contribution in [1.29, 1.82) is 0 Å². The van der Waals surface area contributed by atoms with Crippen LogP contribution in [0.5, 0.6) is 5.75 Å². The lowest BCUT2D eigenvalue weighted by Crippen LogP contribution is -2.47. The number of nitrogens with zero attached hydrogens (tertiary/aromatic N) is 1. The second-order valence-electron chi connectivity index (χ2n) is 6.32. The number of nitrogens with one attached hydrogen (secondary N) is 2. The number of ether oxygens (including phenoxy) is 1. The van der Waals surface area contributed by atoms with Gasteiger partial charge in [0.1, 0.15) is 11.8 Å². The smallest absolute Gasteiger partial charge is 0.322 e. The Bertz CT molecular complexity index is 810. The van der Waals surface area contributed by atoms with Gasteiger partial charge in [-0.1, -0.05) is 29.8 Å². The van der Waals surface area contributed by atoms with E-state index in [1.807, 2.05) is 18.2 Å². The monoisotopic (exact) mass is 387 g/mol. The van der Waals surface area contributed by atoms with Gasteiger partial charge in [0.15, 0.2) is 0 Å². The Hall–Kier alpha value is -2.73. The molecule has 3 rings (SSSR count). The van der Waals surface area contributed by atoms with Crippen molar-refractivity contribution in [2.75, 3.05) is 19.0 Å². The first-order valence-electron chi connectivity index (χ1n) is 8.81. The zero-order valence-electron chi connectivity index (χ0n) is 15.1. The number of anilines is 1. The number of likely N-dealkylation sites (tertiary alicyclic amines) is 1. The van der Waals surface area contributed by atoms with Crippen molar-refractivity contribution in [3.63, 3.8) is 0 Å². The molecule has 3 amide bonds. The zero-order chi connectivity index (χ0) is 19.2. The highest BCUT2D eigenvalue weighted by molar-refractivity contribution is 6.31. The molecule has 0 spiro atoms. The number of rotatable bonds is 5. The van der Waals surface area contributed by atoms with Crippen LogP contribution in [0.2, 0.25) is 5.02 Å². The maximum Gasteiger partial charge on any atom is 0.322 e. The summed E-state index contributed by atoms with van der Waals surface area (Å²) in [5.74, 6) is 0.545. The fraction of sp³-hybridized carbons (Fsp3) is 0.300. The molecule has 2 N–H and O–H groups in total. The van der Waals surface area contributed by atoms with Crippen molar-refractivity contribution in [1.82, 2.24) is 10.2 Å².